The summed E-state index contributed by atoms with van der Waals surface area (Å²) in [6, 6.07) is 9.51. The Hall–Kier alpha value is -2.16. The van der Waals surface area contributed by atoms with E-state index in [1.54, 1.807) is 0 Å². The number of carbonyl (C=O) groups excluding carboxylic acids is 2. The van der Waals surface area contributed by atoms with Gasteiger partial charge in [0.1, 0.15) is 13.2 Å². The molecule has 0 aliphatic rings. The molecule has 1 aromatic carbocycles. The number of hydrogen-bond donors (Lipinski definition) is 1. The first-order chi connectivity index (χ1) is 17.7. The van der Waals surface area contributed by atoms with E-state index >= 15 is 0 Å². The summed E-state index contributed by atoms with van der Waals surface area (Å²) < 4.78 is 26.5. The Bertz CT molecular complexity index is 642. The zero-order chi connectivity index (χ0) is 25.9. The molecule has 1 N–H and O–H groups in total. The van der Waals surface area contributed by atoms with Gasteiger partial charge in [-0.1, -0.05) is 88.6 Å². The third-order valence-electron chi connectivity index (χ3n) is 5.45. The van der Waals surface area contributed by atoms with Crippen molar-refractivity contribution in [3.8, 4) is 0 Å². The molecule has 206 valence electrons. The highest BCUT2D eigenvalue weighted by Crippen LogP contribution is 2.10. The first-order valence-electron chi connectivity index (χ1n) is 13.6. The van der Waals surface area contributed by atoms with Crippen molar-refractivity contribution in [1.29, 1.82) is 0 Å². The van der Waals surface area contributed by atoms with Gasteiger partial charge in [0.05, 0.1) is 39.6 Å². The fourth-order valence-corrected chi connectivity index (χ4v) is 3.41. The first-order valence-corrected chi connectivity index (χ1v) is 13.6. The molecule has 0 fully saturated rings. The number of nitrogens with one attached hydrogen (secondary N) is 1. The van der Waals surface area contributed by atoms with Crippen LogP contribution < -0.4 is 5.32 Å². The van der Waals surface area contributed by atoms with Crippen molar-refractivity contribution in [2.45, 2.75) is 77.7 Å². The average molecular weight is 510 g/mol. The average Bonchev–Trinajstić information content (AvgIpc) is 2.89. The second kappa shape index (κ2) is 24.5. The van der Waals surface area contributed by atoms with Crippen molar-refractivity contribution in [3.05, 3.63) is 35.9 Å². The molecule has 0 spiro atoms. The molecule has 0 saturated carbocycles. The van der Waals surface area contributed by atoms with Crippen molar-refractivity contribution in [2.24, 2.45) is 0 Å². The van der Waals surface area contributed by atoms with E-state index in [0.717, 1.165) is 18.4 Å². The van der Waals surface area contributed by atoms with Crippen LogP contribution in [0, 0.1) is 0 Å². The van der Waals surface area contributed by atoms with Gasteiger partial charge in [-0.3, -0.25) is 4.79 Å². The van der Waals surface area contributed by atoms with Crippen LogP contribution in [0.1, 0.15) is 76.7 Å². The van der Waals surface area contributed by atoms with Crippen molar-refractivity contribution < 1.29 is 33.3 Å². The number of rotatable bonds is 24. The highest BCUT2D eigenvalue weighted by Gasteiger charge is 2.03. The van der Waals surface area contributed by atoms with Crippen molar-refractivity contribution in [3.63, 3.8) is 0 Å². The highest BCUT2D eigenvalue weighted by molar-refractivity contribution is 5.69. The Morgan fingerprint density at radius 1 is 0.667 bits per heavy atom. The molecular formula is C28H47NO7. The van der Waals surface area contributed by atoms with Gasteiger partial charge in [0.15, 0.2) is 0 Å². The van der Waals surface area contributed by atoms with Crippen LogP contribution in [0.5, 0.6) is 0 Å². The Morgan fingerprint density at radius 2 is 1.22 bits per heavy atom. The van der Waals surface area contributed by atoms with Crippen LogP contribution in [0.25, 0.3) is 0 Å². The van der Waals surface area contributed by atoms with E-state index in [0.29, 0.717) is 52.6 Å². The molecule has 8 heteroatoms. The summed E-state index contributed by atoms with van der Waals surface area (Å²) in [5.41, 5.74) is 0.940. The summed E-state index contributed by atoms with van der Waals surface area (Å²) in [4.78, 5) is 23.3. The summed E-state index contributed by atoms with van der Waals surface area (Å²) in [6.45, 7) is 5.62. The van der Waals surface area contributed by atoms with E-state index in [1.807, 2.05) is 30.3 Å². The molecule has 0 atom stereocenters. The van der Waals surface area contributed by atoms with Gasteiger partial charge in [-0.15, -0.1) is 0 Å². The molecule has 0 radical (unpaired) electrons. The minimum atomic E-state index is -0.468. The molecule has 0 aliphatic carbocycles. The molecule has 0 saturated heterocycles. The summed E-state index contributed by atoms with van der Waals surface area (Å²) in [5.74, 6) is -0.145. The van der Waals surface area contributed by atoms with E-state index in [9.17, 15) is 9.59 Å². The molecule has 1 rings (SSSR count). The lowest BCUT2D eigenvalue weighted by atomic mass is 10.1. The molecular weight excluding hydrogens is 462 g/mol. The Labute approximate surface area is 217 Å². The summed E-state index contributed by atoms with van der Waals surface area (Å²) in [7, 11) is 0. The number of esters is 1. The fourth-order valence-electron chi connectivity index (χ4n) is 3.41. The van der Waals surface area contributed by atoms with E-state index in [-0.39, 0.29) is 19.2 Å². The van der Waals surface area contributed by atoms with E-state index < -0.39 is 6.09 Å². The maximum absolute atomic E-state index is 11.7. The van der Waals surface area contributed by atoms with Gasteiger partial charge in [0.25, 0.3) is 0 Å². The van der Waals surface area contributed by atoms with Gasteiger partial charge in [-0.05, 0) is 12.0 Å². The zero-order valence-corrected chi connectivity index (χ0v) is 22.2. The van der Waals surface area contributed by atoms with Gasteiger partial charge >= 0.3 is 12.1 Å². The van der Waals surface area contributed by atoms with Crippen LogP contribution in [0.3, 0.4) is 0 Å². The third kappa shape index (κ3) is 21.1. The van der Waals surface area contributed by atoms with Gasteiger partial charge in [-0.2, -0.15) is 0 Å². The Kier molecular flexibility index (Phi) is 21.7. The van der Waals surface area contributed by atoms with Gasteiger partial charge in [0, 0.05) is 13.0 Å². The van der Waals surface area contributed by atoms with Crippen molar-refractivity contribution in [1.82, 2.24) is 5.32 Å². The lowest BCUT2D eigenvalue weighted by Crippen LogP contribution is -2.28. The van der Waals surface area contributed by atoms with Gasteiger partial charge in [-0.25, -0.2) is 4.79 Å². The summed E-state index contributed by atoms with van der Waals surface area (Å²) >= 11 is 0. The molecule has 0 bridgehead atoms. The minimum absolute atomic E-state index is 0.145. The van der Waals surface area contributed by atoms with Crippen LogP contribution in [0.2, 0.25) is 0 Å². The molecule has 0 aliphatic heterocycles. The largest absolute Gasteiger partial charge is 0.463 e. The number of ether oxygens (including phenoxy) is 5. The maximum atomic E-state index is 11.7. The Balaban J connectivity index is 1.75. The number of alkyl carbamates (subject to hydrolysis) is 1. The van der Waals surface area contributed by atoms with Crippen molar-refractivity contribution >= 4 is 12.1 Å². The zero-order valence-electron chi connectivity index (χ0n) is 22.2. The number of benzene rings is 1. The number of hydrogen-bond acceptors (Lipinski definition) is 7. The predicted octanol–water partition coefficient (Wildman–Crippen LogP) is 5.43. The number of unbranched alkanes of at least 4 members (excludes halogenated alkanes) is 8. The second-order valence-corrected chi connectivity index (χ2v) is 8.62. The molecule has 8 nitrogen and oxygen atoms in total. The quantitative estimate of drug-likeness (QED) is 0.147. The molecule has 0 unspecified atom stereocenters. The Morgan fingerprint density at radius 3 is 1.86 bits per heavy atom. The van der Waals surface area contributed by atoms with Crippen LogP contribution in [0.15, 0.2) is 30.3 Å². The summed E-state index contributed by atoms with van der Waals surface area (Å²) in [5, 5.41) is 2.64. The standard InChI is InChI=1S/C28H47NO7/c1-2-3-4-5-6-7-8-9-13-16-27(30)35-24-23-34-22-21-33-20-19-32-18-17-29-28(31)36-25-26-14-11-10-12-15-26/h10-12,14-15H,2-9,13,16-25H2,1H3,(H,29,31). The minimum Gasteiger partial charge on any atom is -0.463 e. The lowest BCUT2D eigenvalue weighted by molar-refractivity contribution is -0.145. The third-order valence-corrected chi connectivity index (χ3v) is 5.45. The van der Waals surface area contributed by atoms with E-state index in [2.05, 4.69) is 12.2 Å². The molecule has 1 amide bonds. The van der Waals surface area contributed by atoms with Crippen LogP contribution >= 0.6 is 0 Å². The normalized spacial score (nSPS) is 10.8. The first kappa shape index (κ1) is 31.9. The van der Waals surface area contributed by atoms with Crippen molar-refractivity contribution in [2.75, 3.05) is 52.8 Å². The predicted molar refractivity (Wildman–Crippen MR) is 140 cm³/mol. The monoisotopic (exact) mass is 509 g/mol. The topological polar surface area (TPSA) is 92.3 Å². The molecule has 0 heterocycles. The maximum Gasteiger partial charge on any atom is 0.407 e. The fraction of sp³-hybridized carbons (Fsp3) is 0.714. The smallest absolute Gasteiger partial charge is 0.407 e. The molecule has 36 heavy (non-hydrogen) atoms. The SMILES string of the molecule is CCCCCCCCCCCC(=O)OCCOCCOCCOCCNC(=O)OCc1ccccc1. The van der Waals surface area contributed by atoms with Crippen LogP contribution in [0.4, 0.5) is 4.79 Å². The second-order valence-electron chi connectivity index (χ2n) is 8.62. The number of carbonyl (C=O) groups is 2. The van der Waals surface area contributed by atoms with Gasteiger partial charge < -0.3 is 29.0 Å². The van der Waals surface area contributed by atoms with Gasteiger partial charge in [0.2, 0.25) is 0 Å². The van der Waals surface area contributed by atoms with Crippen LogP contribution in [-0.4, -0.2) is 64.9 Å². The van der Waals surface area contributed by atoms with E-state index in [1.165, 1.54) is 44.9 Å². The van der Waals surface area contributed by atoms with E-state index in [4.69, 9.17) is 23.7 Å². The summed E-state index contributed by atoms with van der Waals surface area (Å²) in [6.07, 6.45) is 11.1. The lowest BCUT2D eigenvalue weighted by Gasteiger charge is -2.09. The van der Waals surface area contributed by atoms with Crippen LogP contribution in [-0.2, 0) is 35.1 Å². The number of amides is 1. The molecule has 0 aromatic heterocycles. The highest BCUT2D eigenvalue weighted by atomic mass is 16.6. The molecule has 1 aromatic rings.